The lowest BCUT2D eigenvalue weighted by atomic mass is 9.97. The first-order valence-electron chi connectivity index (χ1n) is 6.88. The molecule has 0 bridgehead atoms. The minimum absolute atomic E-state index is 0.0623. The van der Waals surface area contributed by atoms with E-state index >= 15 is 0 Å². The fourth-order valence-corrected chi connectivity index (χ4v) is 3.21. The van der Waals surface area contributed by atoms with Gasteiger partial charge in [-0.3, -0.25) is 14.5 Å². The van der Waals surface area contributed by atoms with Crippen LogP contribution in [0.2, 0.25) is 0 Å². The Morgan fingerprint density at radius 1 is 1.21 bits per heavy atom. The van der Waals surface area contributed by atoms with Crippen LogP contribution in [0.5, 0.6) is 0 Å². The van der Waals surface area contributed by atoms with Gasteiger partial charge in [-0.2, -0.15) is 0 Å². The van der Waals surface area contributed by atoms with Crippen LogP contribution in [0.4, 0.5) is 0 Å². The predicted octanol–water partition coefficient (Wildman–Crippen LogP) is 2.55. The SMILES string of the molecule is CCCc1cccc2c1[C@@H](N1C(=O)C=CC1=O)CC2. The Bertz CT molecular complexity index is 556. The summed E-state index contributed by atoms with van der Waals surface area (Å²) in [5, 5.41) is 0. The third-order valence-corrected chi connectivity index (χ3v) is 3.98. The maximum absolute atomic E-state index is 11.9. The van der Waals surface area contributed by atoms with Crippen molar-refractivity contribution in [3.05, 3.63) is 47.0 Å². The lowest BCUT2D eigenvalue weighted by Gasteiger charge is -2.24. The molecule has 3 rings (SSSR count). The summed E-state index contributed by atoms with van der Waals surface area (Å²) < 4.78 is 0. The van der Waals surface area contributed by atoms with Crippen molar-refractivity contribution >= 4 is 11.8 Å². The summed E-state index contributed by atoms with van der Waals surface area (Å²) in [6.07, 6.45) is 6.64. The molecule has 19 heavy (non-hydrogen) atoms. The summed E-state index contributed by atoms with van der Waals surface area (Å²) in [7, 11) is 0. The lowest BCUT2D eigenvalue weighted by molar-refractivity contribution is -0.139. The van der Waals surface area contributed by atoms with Crippen molar-refractivity contribution in [2.75, 3.05) is 0 Å². The molecule has 1 heterocycles. The van der Waals surface area contributed by atoms with E-state index in [0.717, 1.165) is 25.7 Å². The number of imide groups is 1. The summed E-state index contributed by atoms with van der Waals surface area (Å²) >= 11 is 0. The second-order valence-electron chi connectivity index (χ2n) is 5.17. The monoisotopic (exact) mass is 255 g/mol. The maximum Gasteiger partial charge on any atom is 0.254 e. The van der Waals surface area contributed by atoms with Crippen molar-refractivity contribution in [2.24, 2.45) is 0 Å². The molecular weight excluding hydrogens is 238 g/mol. The molecule has 1 aromatic rings. The molecule has 3 heteroatoms. The first kappa shape index (κ1) is 12.2. The molecule has 0 saturated carbocycles. The van der Waals surface area contributed by atoms with E-state index < -0.39 is 0 Å². The van der Waals surface area contributed by atoms with Gasteiger partial charge in [-0.15, -0.1) is 0 Å². The largest absolute Gasteiger partial charge is 0.269 e. The van der Waals surface area contributed by atoms with Crippen molar-refractivity contribution in [3.8, 4) is 0 Å². The van der Waals surface area contributed by atoms with Crippen LogP contribution in [0, 0.1) is 0 Å². The lowest BCUT2D eigenvalue weighted by Crippen LogP contribution is -2.33. The van der Waals surface area contributed by atoms with Crippen LogP contribution in [-0.2, 0) is 22.4 Å². The molecule has 1 aromatic carbocycles. The Balaban J connectivity index is 2.01. The van der Waals surface area contributed by atoms with Gasteiger partial charge in [0.05, 0.1) is 6.04 Å². The molecule has 1 aliphatic carbocycles. The van der Waals surface area contributed by atoms with E-state index in [4.69, 9.17) is 0 Å². The zero-order chi connectivity index (χ0) is 13.4. The summed E-state index contributed by atoms with van der Waals surface area (Å²) in [6.45, 7) is 2.15. The highest BCUT2D eigenvalue weighted by atomic mass is 16.2. The molecule has 1 aliphatic heterocycles. The number of hydrogen-bond acceptors (Lipinski definition) is 2. The number of benzene rings is 1. The van der Waals surface area contributed by atoms with Crippen LogP contribution in [-0.4, -0.2) is 16.7 Å². The van der Waals surface area contributed by atoms with E-state index in [0.29, 0.717) is 0 Å². The Labute approximate surface area is 112 Å². The van der Waals surface area contributed by atoms with Crippen molar-refractivity contribution < 1.29 is 9.59 Å². The standard InChI is InChI=1S/C16H17NO2/c1-2-4-11-5-3-6-12-7-8-13(16(11)12)17-14(18)9-10-15(17)19/h3,5-6,9-10,13H,2,4,7-8H2,1H3/t13-/m0/s1. The number of aryl methyl sites for hydroxylation is 2. The van der Waals surface area contributed by atoms with Gasteiger partial charge in [0, 0.05) is 12.2 Å². The highest BCUT2D eigenvalue weighted by molar-refractivity contribution is 6.13. The van der Waals surface area contributed by atoms with Gasteiger partial charge in [-0.05, 0) is 36.0 Å². The zero-order valence-corrected chi connectivity index (χ0v) is 11.1. The molecule has 0 spiro atoms. The Hall–Kier alpha value is -1.90. The van der Waals surface area contributed by atoms with Crippen LogP contribution in [0.25, 0.3) is 0 Å². The summed E-state index contributed by atoms with van der Waals surface area (Å²) in [6, 6.07) is 6.26. The van der Waals surface area contributed by atoms with E-state index in [1.54, 1.807) is 0 Å². The molecule has 98 valence electrons. The molecular formula is C16H17NO2. The number of amides is 2. The smallest absolute Gasteiger partial charge is 0.254 e. The van der Waals surface area contributed by atoms with Gasteiger partial charge in [-0.25, -0.2) is 0 Å². The first-order valence-corrected chi connectivity index (χ1v) is 6.88. The van der Waals surface area contributed by atoms with E-state index in [2.05, 4.69) is 25.1 Å². The van der Waals surface area contributed by atoms with Crippen LogP contribution >= 0.6 is 0 Å². The van der Waals surface area contributed by atoms with Crippen molar-refractivity contribution in [1.29, 1.82) is 0 Å². The topological polar surface area (TPSA) is 37.4 Å². The van der Waals surface area contributed by atoms with Gasteiger partial charge in [-0.1, -0.05) is 31.5 Å². The van der Waals surface area contributed by atoms with Crippen molar-refractivity contribution in [3.63, 3.8) is 0 Å². The third kappa shape index (κ3) is 1.89. The molecule has 0 aromatic heterocycles. The first-order chi connectivity index (χ1) is 9.22. The quantitative estimate of drug-likeness (QED) is 0.778. The normalized spacial score (nSPS) is 21.3. The molecule has 2 amide bonds. The Kier molecular flexibility index (Phi) is 2.97. The van der Waals surface area contributed by atoms with E-state index in [1.807, 2.05) is 0 Å². The summed E-state index contributed by atoms with van der Waals surface area (Å²) in [4.78, 5) is 25.2. The fourth-order valence-electron chi connectivity index (χ4n) is 3.21. The number of rotatable bonds is 3. The van der Waals surface area contributed by atoms with Gasteiger partial charge in [0.1, 0.15) is 0 Å². The summed E-state index contributed by atoms with van der Waals surface area (Å²) in [5.41, 5.74) is 3.80. The molecule has 0 radical (unpaired) electrons. The third-order valence-electron chi connectivity index (χ3n) is 3.98. The maximum atomic E-state index is 11.9. The van der Waals surface area contributed by atoms with Crippen LogP contribution < -0.4 is 0 Å². The van der Waals surface area contributed by atoms with E-state index in [1.165, 1.54) is 33.7 Å². The Morgan fingerprint density at radius 2 is 1.95 bits per heavy atom. The number of fused-ring (bicyclic) bond motifs is 1. The second kappa shape index (κ2) is 4.65. The molecule has 1 atom stereocenters. The van der Waals surface area contributed by atoms with Gasteiger partial charge in [0.15, 0.2) is 0 Å². The molecule has 0 saturated heterocycles. The number of carbonyl (C=O) groups excluding carboxylic acids is 2. The van der Waals surface area contributed by atoms with Gasteiger partial charge in [0.2, 0.25) is 0 Å². The van der Waals surface area contributed by atoms with Crippen LogP contribution in [0.3, 0.4) is 0 Å². The fraction of sp³-hybridized carbons (Fsp3) is 0.375. The average Bonchev–Trinajstić information content (AvgIpc) is 2.95. The number of nitrogens with zero attached hydrogens (tertiary/aromatic N) is 1. The second-order valence-corrected chi connectivity index (χ2v) is 5.17. The number of hydrogen-bond donors (Lipinski definition) is 0. The highest BCUT2D eigenvalue weighted by Crippen LogP contribution is 2.39. The van der Waals surface area contributed by atoms with Crippen LogP contribution in [0.1, 0.15) is 42.5 Å². The van der Waals surface area contributed by atoms with Crippen molar-refractivity contribution in [1.82, 2.24) is 4.90 Å². The molecule has 0 unspecified atom stereocenters. The molecule has 3 nitrogen and oxygen atoms in total. The minimum atomic E-state index is -0.172. The van der Waals surface area contributed by atoms with Gasteiger partial charge in [0.25, 0.3) is 11.8 Å². The average molecular weight is 255 g/mol. The predicted molar refractivity (Wildman–Crippen MR) is 72.5 cm³/mol. The minimum Gasteiger partial charge on any atom is -0.269 e. The highest BCUT2D eigenvalue weighted by Gasteiger charge is 2.37. The van der Waals surface area contributed by atoms with Crippen LogP contribution in [0.15, 0.2) is 30.4 Å². The molecule has 2 aliphatic rings. The Morgan fingerprint density at radius 3 is 2.63 bits per heavy atom. The molecule has 0 N–H and O–H groups in total. The number of carbonyl (C=O) groups is 2. The van der Waals surface area contributed by atoms with Gasteiger partial charge < -0.3 is 0 Å². The zero-order valence-electron chi connectivity index (χ0n) is 11.1. The van der Waals surface area contributed by atoms with E-state index in [9.17, 15) is 9.59 Å². The van der Waals surface area contributed by atoms with E-state index in [-0.39, 0.29) is 17.9 Å². The summed E-state index contributed by atoms with van der Waals surface area (Å²) in [5.74, 6) is -0.344. The van der Waals surface area contributed by atoms with Gasteiger partial charge >= 0.3 is 0 Å². The van der Waals surface area contributed by atoms with Crippen molar-refractivity contribution in [2.45, 2.75) is 38.6 Å². The molecule has 0 fully saturated rings.